The average molecular weight is 312 g/mol. The second kappa shape index (κ2) is 6.21. The lowest BCUT2D eigenvalue weighted by molar-refractivity contribution is 0.632. The lowest BCUT2D eigenvalue weighted by atomic mass is 10.4. The van der Waals surface area contributed by atoms with Gasteiger partial charge in [-0.05, 0) is 19.1 Å². The zero-order valence-corrected chi connectivity index (χ0v) is 12.0. The summed E-state index contributed by atoms with van der Waals surface area (Å²) in [5, 5.41) is 8.19. The third kappa shape index (κ3) is 3.85. The van der Waals surface area contributed by atoms with E-state index >= 15 is 0 Å². The first-order valence-corrected chi connectivity index (χ1v) is 7.38. The highest BCUT2D eigenvalue weighted by Crippen LogP contribution is 2.19. The van der Waals surface area contributed by atoms with Crippen LogP contribution in [-0.4, -0.2) is 20.7 Å². The molecule has 0 aliphatic rings. The van der Waals surface area contributed by atoms with Crippen LogP contribution in [0.3, 0.4) is 0 Å². The predicted molar refractivity (Wildman–Crippen MR) is 74.5 cm³/mol. The van der Waals surface area contributed by atoms with Crippen LogP contribution in [0.2, 0.25) is 0 Å². The van der Waals surface area contributed by atoms with Gasteiger partial charge >= 0.3 is 0 Å². The van der Waals surface area contributed by atoms with Crippen LogP contribution in [0.4, 0.5) is 0 Å². The van der Waals surface area contributed by atoms with E-state index in [0.717, 1.165) is 18.0 Å². The molecule has 0 saturated heterocycles. The molecule has 3 nitrogen and oxygen atoms in total. The van der Waals surface area contributed by atoms with Gasteiger partial charge in [0.2, 0.25) is 0 Å². The molecule has 0 N–H and O–H groups in total. The number of halogens is 1. The van der Waals surface area contributed by atoms with Crippen LogP contribution in [0, 0.1) is 0 Å². The summed E-state index contributed by atoms with van der Waals surface area (Å²) in [6.45, 7) is 2.93. The fraction of sp³-hybridized carbons (Fsp3) is 0.333. The van der Waals surface area contributed by atoms with Crippen LogP contribution in [0.5, 0.6) is 0 Å². The van der Waals surface area contributed by atoms with Gasteiger partial charge in [0.15, 0.2) is 0 Å². The Kier molecular flexibility index (Phi) is 4.62. The summed E-state index contributed by atoms with van der Waals surface area (Å²) >= 11 is 5.31. The van der Waals surface area contributed by atoms with Crippen LogP contribution in [0.25, 0.3) is 0 Å². The Morgan fingerprint density at radius 3 is 2.76 bits per heavy atom. The maximum absolute atomic E-state index is 4.10. The Labute approximate surface area is 114 Å². The van der Waals surface area contributed by atoms with Crippen LogP contribution < -0.4 is 0 Å². The Morgan fingerprint density at radius 2 is 2.12 bits per heavy atom. The Bertz CT molecular complexity index is 456. The van der Waals surface area contributed by atoms with Gasteiger partial charge in [0.25, 0.3) is 0 Å². The van der Waals surface area contributed by atoms with Gasteiger partial charge in [0.05, 0.1) is 17.1 Å². The fourth-order valence-electron chi connectivity index (χ4n) is 1.38. The highest BCUT2D eigenvalue weighted by atomic mass is 79.9. The van der Waals surface area contributed by atoms with Gasteiger partial charge in [-0.15, -0.1) is 16.9 Å². The van der Waals surface area contributed by atoms with Crippen molar-refractivity contribution in [3.63, 3.8) is 0 Å². The molecule has 0 spiro atoms. The number of hydrogen-bond acceptors (Lipinski definition) is 3. The number of nitrogens with zero attached hydrogens (tertiary/aromatic N) is 3. The second-order valence-corrected chi connectivity index (χ2v) is 6.23. The van der Waals surface area contributed by atoms with Crippen molar-refractivity contribution in [1.29, 1.82) is 0 Å². The molecule has 1 unspecified atom stereocenters. The van der Waals surface area contributed by atoms with Crippen LogP contribution in [-0.2, 0) is 6.54 Å². The number of hydrogen-bond donors (Lipinski definition) is 0. The van der Waals surface area contributed by atoms with Crippen molar-refractivity contribution in [3.8, 4) is 0 Å². The number of thioether (sulfide) groups is 1. The lowest BCUT2D eigenvalue weighted by Gasteiger charge is -2.01. The zero-order chi connectivity index (χ0) is 12.1. The summed E-state index contributed by atoms with van der Waals surface area (Å²) in [6.07, 6.45) is 1.99. The third-order valence-corrected chi connectivity index (χ3v) is 3.76. The molecule has 0 bridgehead atoms. The minimum Gasteiger partial charge on any atom is -0.251 e. The van der Waals surface area contributed by atoms with E-state index in [4.69, 9.17) is 0 Å². The van der Waals surface area contributed by atoms with E-state index in [-0.39, 0.29) is 4.83 Å². The van der Waals surface area contributed by atoms with E-state index < -0.39 is 0 Å². The van der Waals surface area contributed by atoms with Crippen molar-refractivity contribution in [2.75, 3.05) is 5.75 Å². The Hall–Kier alpha value is -0.810. The molecular formula is C12H14BrN3S. The summed E-state index contributed by atoms with van der Waals surface area (Å²) < 4.78 is 1.89. The second-order valence-electron chi connectivity index (χ2n) is 3.68. The van der Waals surface area contributed by atoms with Crippen molar-refractivity contribution < 1.29 is 0 Å². The summed E-state index contributed by atoms with van der Waals surface area (Å²) in [5.74, 6) is 1.00. The molecule has 1 aromatic heterocycles. The Balaban J connectivity index is 1.82. The highest BCUT2D eigenvalue weighted by molar-refractivity contribution is 9.09. The van der Waals surface area contributed by atoms with E-state index in [1.807, 2.05) is 35.6 Å². The largest absolute Gasteiger partial charge is 0.251 e. The predicted octanol–water partition coefficient (Wildman–Crippen LogP) is 3.53. The standard InChI is InChI=1S/C12H14BrN3S/c1-10(13)12-9-16(15-14-12)7-8-17-11-5-3-2-4-6-11/h2-6,9-10H,7-8H2,1H3. The maximum atomic E-state index is 4.10. The molecule has 1 atom stereocenters. The van der Waals surface area contributed by atoms with Crippen LogP contribution in [0.15, 0.2) is 41.4 Å². The number of benzene rings is 1. The molecule has 0 fully saturated rings. The van der Waals surface area contributed by atoms with Crippen molar-refractivity contribution in [3.05, 3.63) is 42.2 Å². The van der Waals surface area contributed by atoms with Crippen molar-refractivity contribution in [2.45, 2.75) is 23.2 Å². The van der Waals surface area contributed by atoms with Gasteiger partial charge in [-0.2, -0.15) is 0 Å². The first-order valence-electron chi connectivity index (χ1n) is 5.47. The molecule has 1 heterocycles. The summed E-state index contributed by atoms with van der Waals surface area (Å²) in [4.78, 5) is 1.56. The molecule has 5 heteroatoms. The van der Waals surface area contributed by atoms with E-state index in [0.29, 0.717) is 0 Å². The van der Waals surface area contributed by atoms with Gasteiger partial charge in [-0.3, -0.25) is 4.68 Å². The number of rotatable bonds is 5. The van der Waals surface area contributed by atoms with E-state index in [9.17, 15) is 0 Å². The van der Waals surface area contributed by atoms with E-state index in [1.165, 1.54) is 4.90 Å². The van der Waals surface area contributed by atoms with Gasteiger partial charge in [0, 0.05) is 16.8 Å². The molecule has 0 radical (unpaired) electrons. The molecular weight excluding hydrogens is 298 g/mol. The molecule has 2 rings (SSSR count). The average Bonchev–Trinajstić information content (AvgIpc) is 2.79. The van der Waals surface area contributed by atoms with Gasteiger partial charge in [0.1, 0.15) is 0 Å². The minimum absolute atomic E-state index is 0.262. The monoisotopic (exact) mass is 311 g/mol. The van der Waals surface area contributed by atoms with Crippen LogP contribution >= 0.6 is 27.7 Å². The molecule has 0 amide bonds. The quantitative estimate of drug-likeness (QED) is 0.625. The summed E-state index contributed by atoms with van der Waals surface area (Å²) in [6, 6.07) is 10.4. The molecule has 2 aromatic rings. The first-order chi connectivity index (χ1) is 8.25. The smallest absolute Gasteiger partial charge is 0.0960 e. The van der Waals surface area contributed by atoms with Crippen molar-refractivity contribution in [1.82, 2.24) is 15.0 Å². The van der Waals surface area contributed by atoms with E-state index in [2.05, 4.69) is 50.5 Å². The molecule has 0 aliphatic heterocycles. The fourth-order valence-corrected chi connectivity index (χ4v) is 2.45. The number of aromatic nitrogens is 3. The van der Waals surface area contributed by atoms with Crippen molar-refractivity contribution in [2.24, 2.45) is 0 Å². The third-order valence-electron chi connectivity index (χ3n) is 2.30. The topological polar surface area (TPSA) is 30.7 Å². The molecule has 90 valence electrons. The highest BCUT2D eigenvalue weighted by Gasteiger charge is 2.05. The van der Waals surface area contributed by atoms with Crippen LogP contribution in [0.1, 0.15) is 17.4 Å². The van der Waals surface area contributed by atoms with Gasteiger partial charge in [-0.1, -0.05) is 39.3 Å². The normalized spacial score (nSPS) is 12.6. The minimum atomic E-state index is 0.262. The van der Waals surface area contributed by atoms with E-state index in [1.54, 1.807) is 0 Å². The zero-order valence-electron chi connectivity index (χ0n) is 9.58. The molecule has 1 aromatic carbocycles. The Morgan fingerprint density at radius 1 is 1.35 bits per heavy atom. The first kappa shape index (κ1) is 12.6. The summed E-state index contributed by atoms with van der Waals surface area (Å²) in [7, 11) is 0. The molecule has 17 heavy (non-hydrogen) atoms. The molecule has 0 saturated carbocycles. The van der Waals surface area contributed by atoms with Gasteiger partial charge in [-0.25, -0.2) is 0 Å². The number of alkyl halides is 1. The lowest BCUT2D eigenvalue weighted by Crippen LogP contribution is -2.00. The summed E-state index contributed by atoms with van der Waals surface area (Å²) in [5.41, 5.74) is 0.981. The van der Waals surface area contributed by atoms with Crippen molar-refractivity contribution >= 4 is 27.7 Å². The number of aryl methyl sites for hydroxylation is 1. The maximum Gasteiger partial charge on any atom is 0.0960 e. The van der Waals surface area contributed by atoms with Gasteiger partial charge < -0.3 is 0 Å². The molecule has 0 aliphatic carbocycles. The SMILES string of the molecule is CC(Br)c1cn(CCSc2ccccc2)nn1.